The highest BCUT2D eigenvalue weighted by Crippen LogP contribution is 2.16. The molecular formula is C16H23N3O4. The van der Waals surface area contributed by atoms with E-state index in [1.165, 1.54) is 6.07 Å². The Balaban J connectivity index is 2.11. The average molecular weight is 321 g/mol. The van der Waals surface area contributed by atoms with Crippen LogP contribution >= 0.6 is 0 Å². The third-order valence-corrected chi connectivity index (χ3v) is 4.36. The van der Waals surface area contributed by atoms with Crippen LogP contribution < -0.4 is 10.9 Å². The summed E-state index contributed by atoms with van der Waals surface area (Å²) in [4.78, 5) is 35.4. The van der Waals surface area contributed by atoms with E-state index < -0.39 is 17.9 Å². The standard InChI is InChI=1S/C16H23N3O4/c1-3-10(2)15(16(22)23)17-13(20)9-19-14(21)8-11-6-4-5-7-12(11)18-19/h8,10,15H,3-7,9H2,1-2H3,(H,17,20)(H,22,23)/t10-,15+/m1/s1. The van der Waals surface area contributed by atoms with Gasteiger partial charge >= 0.3 is 5.97 Å². The SMILES string of the molecule is CC[C@@H](C)[C@H](NC(=O)Cn1nc2c(cc1=O)CCCC2)C(=O)O. The molecule has 1 amide bonds. The molecule has 1 aliphatic carbocycles. The lowest BCUT2D eigenvalue weighted by Gasteiger charge is -2.20. The normalized spacial score (nSPS) is 16.3. The maximum atomic E-state index is 12.1. The smallest absolute Gasteiger partial charge is 0.326 e. The lowest BCUT2D eigenvalue weighted by molar-refractivity contribution is -0.143. The van der Waals surface area contributed by atoms with Gasteiger partial charge in [0.1, 0.15) is 12.6 Å². The number of hydrogen-bond acceptors (Lipinski definition) is 4. The first-order chi connectivity index (χ1) is 10.9. The molecule has 23 heavy (non-hydrogen) atoms. The van der Waals surface area contributed by atoms with Crippen LogP contribution in [0.3, 0.4) is 0 Å². The van der Waals surface area contributed by atoms with Crippen molar-refractivity contribution >= 4 is 11.9 Å². The van der Waals surface area contributed by atoms with Crippen LogP contribution in [0.2, 0.25) is 0 Å². The molecule has 0 radical (unpaired) electrons. The van der Waals surface area contributed by atoms with Crippen molar-refractivity contribution in [2.75, 3.05) is 0 Å². The van der Waals surface area contributed by atoms with Gasteiger partial charge in [0.15, 0.2) is 0 Å². The van der Waals surface area contributed by atoms with Crippen LogP contribution in [0.25, 0.3) is 0 Å². The molecule has 1 aromatic heterocycles. The number of aliphatic carboxylic acids is 1. The summed E-state index contributed by atoms with van der Waals surface area (Å²) < 4.78 is 1.12. The maximum Gasteiger partial charge on any atom is 0.326 e. The Kier molecular flexibility index (Phi) is 5.52. The number of aryl methyl sites for hydroxylation is 2. The number of nitrogens with zero attached hydrogens (tertiary/aromatic N) is 2. The summed E-state index contributed by atoms with van der Waals surface area (Å²) in [6.07, 6.45) is 4.36. The summed E-state index contributed by atoms with van der Waals surface area (Å²) >= 11 is 0. The quantitative estimate of drug-likeness (QED) is 0.804. The number of aromatic nitrogens is 2. The third-order valence-electron chi connectivity index (χ3n) is 4.36. The van der Waals surface area contributed by atoms with Crippen LogP contribution in [0.5, 0.6) is 0 Å². The second kappa shape index (κ2) is 7.39. The van der Waals surface area contributed by atoms with Crippen molar-refractivity contribution in [3.8, 4) is 0 Å². The molecule has 0 spiro atoms. The second-order valence-corrected chi connectivity index (χ2v) is 6.09. The van der Waals surface area contributed by atoms with Gasteiger partial charge in [-0.3, -0.25) is 9.59 Å². The summed E-state index contributed by atoms with van der Waals surface area (Å²) in [5.41, 5.74) is 1.50. The van der Waals surface area contributed by atoms with Gasteiger partial charge in [-0.25, -0.2) is 9.48 Å². The first-order valence-electron chi connectivity index (χ1n) is 8.04. The van der Waals surface area contributed by atoms with Gasteiger partial charge in [0.25, 0.3) is 5.56 Å². The van der Waals surface area contributed by atoms with E-state index in [1.807, 2.05) is 6.92 Å². The van der Waals surface area contributed by atoms with E-state index in [0.717, 1.165) is 41.6 Å². The largest absolute Gasteiger partial charge is 0.480 e. The van der Waals surface area contributed by atoms with E-state index in [1.54, 1.807) is 6.92 Å². The van der Waals surface area contributed by atoms with Gasteiger partial charge in [-0.05, 0) is 37.2 Å². The Hall–Kier alpha value is -2.18. The number of carboxylic acid groups (broad SMARTS) is 1. The number of carbonyl (C=O) groups excluding carboxylic acids is 1. The molecule has 2 rings (SSSR count). The van der Waals surface area contributed by atoms with Crippen LogP contribution in [0.1, 0.15) is 44.4 Å². The number of carbonyl (C=O) groups is 2. The van der Waals surface area contributed by atoms with Gasteiger partial charge in [0.2, 0.25) is 5.91 Å². The van der Waals surface area contributed by atoms with Crippen molar-refractivity contribution in [3.05, 3.63) is 27.7 Å². The summed E-state index contributed by atoms with van der Waals surface area (Å²) in [5.74, 6) is -1.77. The molecule has 0 aliphatic heterocycles. The molecule has 0 saturated heterocycles. The highest BCUT2D eigenvalue weighted by Gasteiger charge is 2.25. The van der Waals surface area contributed by atoms with Crippen molar-refractivity contribution in [2.24, 2.45) is 5.92 Å². The summed E-state index contributed by atoms with van der Waals surface area (Å²) in [6.45, 7) is 3.37. The molecule has 7 heteroatoms. The second-order valence-electron chi connectivity index (χ2n) is 6.09. The zero-order chi connectivity index (χ0) is 17.0. The summed E-state index contributed by atoms with van der Waals surface area (Å²) in [5, 5.41) is 16.0. The molecule has 2 atom stereocenters. The number of nitrogens with one attached hydrogen (secondary N) is 1. The van der Waals surface area contributed by atoms with E-state index in [-0.39, 0.29) is 18.0 Å². The zero-order valence-corrected chi connectivity index (χ0v) is 13.5. The molecule has 0 aromatic carbocycles. The Morgan fingerprint density at radius 2 is 2.09 bits per heavy atom. The molecule has 1 aromatic rings. The van der Waals surface area contributed by atoms with Gasteiger partial charge in [-0.1, -0.05) is 20.3 Å². The fraction of sp³-hybridized carbons (Fsp3) is 0.625. The van der Waals surface area contributed by atoms with E-state index in [4.69, 9.17) is 0 Å². The fourth-order valence-corrected chi connectivity index (χ4v) is 2.75. The van der Waals surface area contributed by atoms with E-state index in [9.17, 15) is 19.5 Å². The van der Waals surface area contributed by atoms with Crippen molar-refractivity contribution in [1.82, 2.24) is 15.1 Å². The Morgan fingerprint density at radius 3 is 2.74 bits per heavy atom. The minimum absolute atomic E-state index is 0.190. The van der Waals surface area contributed by atoms with Gasteiger partial charge in [0.05, 0.1) is 5.69 Å². The minimum atomic E-state index is -1.07. The maximum absolute atomic E-state index is 12.1. The molecule has 1 aliphatic rings. The molecule has 0 unspecified atom stereocenters. The molecular weight excluding hydrogens is 298 g/mol. The van der Waals surface area contributed by atoms with Crippen LogP contribution in [-0.2, 0) is 29.0 Å². The lowest BCUT2D eigenvalue weighted by Crippen LogP contribution is -2.47. The van der Waals surface area contributed by atoms with E-state index in [0.29, 0.717) is 6.42 Å². The lowest BCUT2D eigenvalue weighted by atomic mass is 9.97. The van der Waals surface area contributed by atoms with Crippen LogP contribution in [0.4, 0.5) is 0 Å². The van der Waals surface area contributed by atoms with Crippen LogP contribution in [0.15, 0.2) is 10.9 Å². The summed E-state index contributed by atoms with van der Waals surface area (Å²) in [7, 11) is 0. The average Bonchev–Trinajstić information content (AvgIpc) is 2.52. The van der Waals surface area contributed by atoms with Crippen molar-refractivity contribution in [1.29, 1.82) is 0 Å². The van der Waals surface area contributed by atoms with Gasteiger partial charge in [0, 0.05) is 6.07 Å². The van der Waals surface area contributed by atoms with Gasteiger partial charge in [-0.2, -0.15) is 5.10 Å². The van der Waals surface area contributed by atoms with Crippen molar-refractivity contribution in [3.63, 3.8) is 0 Å². The molecule has 1 heterocycles. The van der Waals surface area contributed by atoms with Gasteiger partial charge in [-0.15, -0.1) is 0 Å². The predicted molar refractivity (Wildman–Crippen MR) is 84.2 cm³/mol. The van der Waals surface area contributed by atoms with Crippen LogP contribution in [-0.4, -0.2) is 32.8 Å². The number of hydrogen-bond donors (Lipinski definition) is 2. The predicted octanol–water partition coefficient (Wildman–Crippen LogP) is 0.738. The molecule has 2 N–H and O–H groups in total. The van der Waals surface area contributed by atoms with Gasteiger partial charge < -0.3 is 10.4 Å². The molecule has 126 valence electrons. The number of carboxylic acids is 1. The van der Waals surface area contributed by atoms with Crippen LogP contribution in [0, 0.1) is 5.92 Å². The Labute approximate surface area is 134 Å². The van der Waals surface area contributed by atoms with E-state index >= 15 is 0 Å². The molecule has 7 nitrogen and oxygen atoms in total. The summed E-state index contributed by atoms with van der Waals surface area (Å²) in [6, 6.07) is 0.582. The van der Waals surface area contributed by atoms with Crippen molar-refractivity contribution < 1.29 is 14.7 Å². The number of rotatable bonds is 6. The Bertz CT molecular complexity index is 653. The van der Waals surface area contributed by atoms with E-state index in [2.05, 4.69) is 10.4 Å². The highest BCUT2D eigenvalue weighted by molar-refractivity contribution is 5.83. The highest BCUT2D eigenvalue weighted by atomic mass is 16.4. The molecule has 0 fully saturated rings. The monoisotopic (exact) mass is 321 g/mol. The fourth-order valence-electron chi connectivity index (χ4n) is 2.75. The molecule has 0 saturated carbocycles. The first-order valence-corrected chi connectivity index (χ1v) is 8.04. The minimum Gasteiger partial charge on any atom is -0.480 e. The topological polar surface area (TPSA) is 101 Å². The number of amides is 1. The third kappa shape index (κ3) is 4.18. The Morgan fingerprint density at radius 1 is 1.39 bits per heavy atom. The number of fused-ring (bicyclic) bond motifs is 1. The first kappa shape index (κ1) is 17.2. The zero-order valence-electron chi connectivity index (χ0n) is 13.5. The van der Waals surface area contributed by atoms with Crippen molar-refractivity contribution in [2.45, 2.75) is 58.5 Å². The molecule has 0 bridgehead atoms.